The number of hydroxylamine groups is 2. The third kappa shape index (κ3) is 4.44. The van der Waals surface area contributed by atoms with Crippen molar-refractivity contribution in [2.24, 2.45) is 0 Å². The van der Waals surface area contributed by atoms with Gasteiger partial charge in [0.1, 0.15) is 0 Å². The van der Waals surface area contributed by atoms with Crippen molar-refractivity contribution in [2.75, 3.05) is 0 Å². The molecule has 0 aromatic heterocycles. The van der Waals surface area contributed by atoms with Crippen LogP contribution in [0.25, 0.3) is 0 Å². The predicted octanol–water partition coefficient (Wildman–Crippen LogP) is 5.35. The first kappa shape index (κ1) is 18.5. The fourth-order valence-electron chi connectivity index (χ4n) is 3.13. The van der Waals surface area contributed by atoms with Crippen molar-refractivity contribution >= 4 is 13.1 Å². The monoisotopic (exact) mass is 364 g/mol. The van der Waals surface area contributed by atoms with Crippen LogP contribution in [-0.2, 0) is 11.1 Å². The van der Waals surface area contributed by atoms with Crippen LogP contribution in [0.2, 0.25) is 0 Å². The number of hydrogen-bond acceptors (Lipinski definition) is 3. The van der Waals surface area contributed by atoms with Crippen LogP contribution in [0.3, 0.4) is 0 Å². The minimum atomic E-state index is -1.86. The molecule has 0 aliphatic carbocycles. The molecule has 3 rings (SSSR count). The molecular formula is C22H23NO2P+. The summed E-state index contributed by atoms with van der Waals surface area (Å²) < 4.78 is 13.4. The van der Waals surface area contributed by atoms with E-state index in [0.29, 0.717) is 6.54 Å². The second kappa shape index (κ2) is 8.37. The minimum absolute atomic E-state index is 0.312. The molecule has 3 aromatic rings. The third-order valence-electron chi connectivity index (χ3n) is 4.25. The quantitative estimate of drug-likeness (QED) is 0.474. The van der Waals surface area contributed by atoms with Crippen molar-refractivity contribution in [3.63, 3.8) is 0 Å². The Kier molecular flexibility index (Phi) is 5.95. The van der Waals surface area contributed by atoms with Crippen LogP contribution in [0.1, 0.15) is 28.0 Å². The minimum Gasteiger partial charge on any atom is -0.309 e. The van der Waals surface area contributed by atoms with Crippen LogP contribution in [0, 0.1) is 13.8 Å². The third-order valence-corrected chi connectivity index (χ3v) is 6.03. The molecule has 0 aliphatic rings. The molecule has 0 spiro atoms. The Labute approximate surface area is 155 Å². The lowest BCUT2D eigenvalue weighted by Crippen LogP contribution is -2.24. The van der Waals surface area contributed by atoms with Gasteiger partial charge < -0.3 is 5.21 Å². The van der Waals surface area contributed by atoms with Gasteiger partial charge >= 0.3 is 7.80 Å². The largest absolute Gasteiger partial charge is 0.402 e. The van der Waals surface area contributed by atoms with Crippen LogP contribution < -0.4 is 5.30 Å². The van der Waals surface area contributed by atoms with Gasteiger partial charge in [-0.3, -0.25) is 0 Å². The SMILES string of the molecule is Cc1cc(C)cc([P+](=O)C(c2ccccc2)N(O)Cc2ccccc2)c1. The Morgan fingerprint density at radius 1 is 0.885 bits per heavy atom. The Balaban J connectivity index is 1.96. The highest BCUT2D eigenvalue weighted by molar-refractivity contribution is 7.53. The predicted molar refractivity (Wildman–Crippen MR) is 106 cm³/mol. The first-order valence-corrected chi connectivity index (χ1v) is 9.96. The Bertz CT molecular complexity index is 861. The van der Waals surface area contributed by atoms with E-state index < -0.39 is 13.6 Å². The van der Waals surface area contributed by atoms with Gasteiger partial charge in [-0.2, -0.15) is 0 Å². The highest BCUT2D eigenvalue weighted by atomic mass is 31.1. The normalized spacial score (nSPS) is 12.8. The number of aryl methyl sites for hydroxylation is 2. The molecule has 26 heavy (non-hydrogen) atoms. The fourth-order valence-corrected chi connectivity index (χ4v) is 4.84. The highest BCUT2D eigenvalue weighted by Crippen LogP contribution is 2.43. The zero-order valence-corrected chi connectivity index (χ0v) is 15.9. The van der Waals surface area contributed by atoms with Gasteiger partial charge in [0.25, 0.3) is 5.78 Å². The first-order valence-electron chi connectivity index (χ1n) is 8.63. The Hall–Kier alpha value is -2.32. The summed E-state index contributed by atoms with van der Waals surface area (Å²) in [6, 6.07) is 25.2. The lowest BCUT2D eigenvalue weighted by Gasteiger charge is -2.19. The zero-order chi connectivity index (χ0) is 18.5. The van der Waals surface area contributed by atoms with Gasteiger partial charge in [-0.25, -0.2) is 0 Å². The van der Waals surface area contributed by atoms with Gasteiger partial charge in [-0.05, 0) is 42.7 Å². The first-order chi connectivity index (χ1) is 12.5. The van der Waals surface area contributed by atoms with E-state index in [4.69, 9.17) is 0 Å². The summed E-state index contributed by atoms with van der Waals surface area (Å²) in [5, 5.41) is 12.8. The maximum atomic E-state index is 13.4. The molecule has 1 N–H and O–H groups in total. The van der Waals surface area contributed by atoms with E-state index in [1.807, 2.05) is 86.6 Å². The Morgan fingerprint density at radius 3 is 2.00 bits per heavy atom. The van der Waals surface area contributed by atoms with E-state index in [-0.39, 0.29) is 0 Å². The van der Waals surface area contributed by atoms with E-state index in [2.05, 4.69) is 6.07 Å². The highest BCUT2D eigenvalue weighted by Gasteiger charge is 2.39. The molecule has 0 aliphatic heterocycles. The van der Waals surface area contributed by atoms with Crippen molar-refractivity contribution in [2.45, 2.75) is 26.2 Å². The lowest BCUT2D eigenvalue weighted by atomic mass is 10.2. The summed E-state index contributed by atoms with van der Waals surface area (Å²) in [5.74, 6) is -0.604. The average Bonchev–Trinajstić information content (AvgIpc) is 2.63. The topological polar surface area (TPSA) is 40.5 Å². The number of rotatable bonds is 6. The summed E-state index contributed by atoms with van der Waals surface area (Å²) >= 11 is 0. The lowest BCUT2D eigenvalue weighted by molar-refractivity contribution is -0.113. The van der Waals surface area contributed by atoms with Crippen LogP contribution in [-0.4, -0.2) is 10.3 Å². The molecule has 2 unspecified atom stereocenters. The molecule has 0 heterocycles. The molecule has 0 bridgehead atoms. The van der Waals surface area contributed by atoms with Crippen molar-refractivity contribution in [3.05, 3.63) is 101 Å². The smallest absolute Gasteiger partial charge is 0.309 e. The number of benzene rings is 3. The van der Waals surface area contributed by atoms with Gasteiger partial charge in [0, 0.05) is 5.56 Å². The van der Waals surface area contributed by atoms with Gasteiger partial charge in [0.15, 0.2) is 5.30 Å². The molecule has 3 aromatic carbocycles. The molecular weight excluding hydrogens is 341 g/mol. The molecule has 132 valence electrons. The van der Waals surface area contributed by atoms with E-state index in [1.54, 1.807) is 0 Å². The summed E-state index contributed by atoms with van der Waals surface area (Å²) in [5.41, 5.74) is 3.95. The molecule has 2 atom stereocenters. The molecule has 0 radical (unpaired) electrons. The van der Waals surface area contributed by atoms with Crippen LogP contribution in [0.15, 0.2) is 78.9 Å². The van der Waals surface area contributed by atoms with Crippen molar-refractivity contribution in [3.8, 4) is 0 Å². The van der Waals surface area contributed by atoms with Gasteiger partial charge in [0.05, 0.1) is 6.54 Å². The van der Waals surface area contributed by atoms with Crippen LogP contribution >= 0.6 is 7.80 Å². The molecule has 3 nitrogen and oxygen atoms in total. The van der Waals surface area contributed by atoms with Crippen molar-refractivity contribution in [1.82, 2.24) is 5.06 Å². The Morgan fingerprint density at radius 2 is 1.42 bits per heavy atom. The standard InChI is InChI=1S/C22H23NO2P/c1-17-13-18(2)15-21(14-17)26(25)22(20-11-7-4-8-12-20)23(24)16-19-9-5-3-6-10-19/h3-15,22,24H,16H2,1-2H3/q+1. The fraction of sp³-hybridized carbons (Fsp3) is 0.182. The maximum absolute atomic E-state index is 13.4. The van der Waals surface area contributed by atoms with Crippen molar-refractivity contribution in [1.29, 1.82) is 0 Å². The van der Waals surface area contributed by atoms with Crippen molar-refractivity contribution < 1.29 is 9.77 Å². The maximum Gasteiger partial charge on any atom is 0.402 e. The van der Waals surface area contributed by atoms with E-state index in [1.165, 1.54) is 5.06 Å². The van der Waals surface area contributed by atoms with Gasteiger partial charge in [-0.1, -0.05) is 71.3 Å². The average molecular weight is 364 g/mol. The van der Waals surface area contributed by atoms with E-state index in [9.17, 15) is 9.77 Å². The van der Waals surface area contributed by atoms with Crippen LogP contribution in [0.4, 0.5) is 0 Å². The zero-order valence-electron chi connectivity index (χ0n) is 15.0. The number of nitrogens with zero attached hydrogens (tertiary/aromatic N) is 1. The van der Waals surface area contributed by atoms with E-state index >= 15 is 0 Å². The van der Waals surface area contributed by atoms with E-state index in [0.717, 1.165) is 27.6 Å². The van der Waals surface area contributed by atoms with Gasteiger partial charge in [-0.15, -0.1) is 5.06 Å². The molecule has 4 heteroatoms. The van der Waals surface area contributed by atoms with Gasteiger partial charge in [0.2, 0.25) is 0 Å². The second-order valence-corrected chi connectivity index (χ2v) is 8.20. The summed E-state index contributed by atoms with van der Waals surface area (Å²) in [6.07, 6.45) is 0. The summed E-state index contributed by atoms with van der Waals surface area (Å²) in [6.45, 7) is 4.31. The molecule has 0 amide bonds. The summed E-state index contributed by atoms with van der Waals surface area (Å²) in [7, 11) is -1.86. The molecule has 0 saturated carbocycles. The van der Waals surface area contributed by atoms with Crippen LogP contribution in [0.5, 0.6) is 0 Å². The molecule has 0 fully saturated rings. The summed E-state index contributed by atoms with van der Waals surface area (Å²) in [4.78, 5) is 0. The second-order valence-electron chi connectivity index (χ2n) is 6.54. The number of hydrogen-bond donors (Lipinski definition) is 1. The molecule has 0 saturated heterocycles.